The van der Waals surface area contributed by atoms with Gasteiger partial charge in [-0.05, 0) is 50.7 Å². The van der Waals surface area contributed by atoms with Crippen LogP contribution in [0.25, 0.3) is 0 Å². The fraction of sp³-hybridized carbons (Fsp3) is 1.00. The number of hydrogen-bond donors (Lipinski definition) is 0. The zero-order valence-corrected chi connectivity index (χ0v) is 34.2. The van der Waals surface area contributed by atoms with Crippen LogP contribution in [0.15, 0.2) is 0 Å². The summed E-state index contributed by atoms with van der Waals surface area (Å²) in [5.74, 6) is 1.78. The number of unbranched alkanes of at least 4 members (excludes halogenated alkanes) is 31. The Hall–Kier alpha value is -0.0400. The molecule has 1 nitrogen and oxygen atoms in total. The Labute approximate surface area is 301 Å². The SMILES string of the molecule is CCCCCCCCCCN(CCCCCCCCCCCCCCCC(C)C)CCCCCCCCCCCCCCCC(C)C. The van der Waals surface area contributed by atoms with Crippen LogP contribution in [-0.4, -0.2) is 24.5 Å². The summed E-state index contributed by atoms with van der Waals surface area (Å²) in [6.07, 6.45) is 52.7. The first-order valence-corrected chi connectivity index (χ1v) is 22.8. The van der Waals surface area contributed by atoms with E-state index in [1.54, 1.807) is 0 Å². The standard InChI is InChI=1S/C46H95N/c1-6-7-8-9-10-27-32-37-42-47(43-38-33-28-23-19-15-11-13-17-21-25-30-35-40-45(2)3)44-39-34-29-24-20-16-12-14-18-22-26-31-36-41-46(4)5/h45-46H,6-44H2,1-5H3. The summed E-state index contributed by atoms with van der Waals surface area (Å²) in [5, 5.41) is 0. The van der Waals surface area contributed by atoms with E-state index in [-0.39, 0.29) is 0 Å². The summed E-state index contributed by atoms with van der Waals surface area (Å²) >= 11 is 0. The molecule has 0 spiro atoms. The summed E-state index contributed by atoms with van der Waals surface area (Å²) < 4.78 is 0. The lowest BCUT2D eigenvalue weighted by atomic mass is 10.0. The fourth-order valence-corrected chi connectivity index (χ4v) is 7.47. The lowest BCUT2D eigenvalue weighted by Crippen LogP contribution is -2.27. The summed E-state index contributed by atoms with van der Waals surface area (Å²) in [6.45, 7) is 15.9. The molecule has 0 heterocycles. The summed E-state index contributed by atoms with van der Waals surface area (Å²) in [6, 6.07) is 0. The van der Waals surface area contributed by atoms with E-state index in [9.17, 15) is 0 Å². The van der Waals surface area contributed by atoms with Crippen molar-refractivity contribution in [1.82, 2.24) is 4.90 Å². The molecular formula is C46H95N. The molecule has 0 aliphatic rings. The van der Waals surface area contributed by atoms with Crippen molar-refractivity contribution in [2.24, 2.45) is 11.8 Å². The van der Waals surface area contributed by atoms with Crippen LogP contribution in [0, 0.1) is 11.8 Å². The highest BCUT2D eigenvalue weighted by Crippen LogP contribution is 2.17. The van der Waals surface area contributed by atoms with Gasteiger partial charge in [-0.15, -0.1) is 0 Å². The molecule has 0 N–H and O–H groups in total. The Bertz CT molecular complexity index is 501. The van der Waals surface area contributed by atoms with E-state index in [1.807, 2.05) is 0 Å². The molecule has 0 rings (SSSR count). The molecule has 0 aromatic carbocycles. The molecule has 0 amide bonds. The largest absolute Gasteiger partial charge is 0.303 e. The summed E-state index contributed by atoms with van der Waals surface area (Å²) in [4.78, 5) is 2.86. The third kappa shape index (κ3) is 42.0. The van der Waals surface area contributed by atoms with Gasteiger partial charge in [0, 0.05) is 0 Å². The summed E-state index contributed by atoms with van der Waals surface area (Å²) in [5.41, 5.74) is 0. The first-order chi connectivity index (χ1) is 23.1. The van der Waals surface area contributed by atoms with Crippen molar-refractivity contribution in [2.75, 3.05) is 19.6 Å². The third-order valence-electron chi connectivity index (χ3n) is 10.8. The Morgan fingerprint density at radius 3 is 0.660 bits per heavy atom. The van der Waals surface area contributed by atoms with Crippen molar-refractivity contribution in [1.29, 1.82) is 0 Å². The Morgan fingerprint density at radius 2 is 0.447 bits per heavy atom. The van der Waals surface area contributed by atoms with Crippen molar-refractivity contribution in [2.45, 2.75) is 266 Å². The Morgan fingerprint density at radius 1 is 0.255 bits per heavy atom. The Kier molecular flexibility index (Phi) is 40.4. The smallest absolute Gasteiger partial charge is 0.00187 e. The van der Waals surface area contributed by atoms with Gasteiger partial charge in [0.25, 0.3) is 0 Å². The highest BCUT2D eigenvalue weighted by atomic mass is 15.1. The van der Waals surface area contributed by atoms with E-state index in [1.165, 1.54) is 251 Å². The van der Waals surface area contributed by atoms with Crippen molar-refractivity contribution in [3.05, 3.63) is 0 Å². The molecule has 284 valence electrons. The highest BCUT2D eigenvalue weighted by Gasteiger charge is 2.05. The minimum absolute atomic E-state index is 0.891. The maximum Gasteiger partial charge on any atom is -0.00187 e. The van der Waals surface area contributed by atoms with Gasteiger partial charge in [0.15, 0.2) is 0 Å². The van der Waals surface area contributed by atoms with Crippen LogP contribution in [0.5, 0.6) is 0 Å². The molecule has 0 atom stereocenters. The molecule has 0 aromatic heterocycles. The molecule has 0 aromatic rings. The van der Waals surface area contributed by atoms with E-state index in [2.05, 4.69) is 39.5 Å². The van der Waals surface area contributed by atoms with Gasteiger partial charge in [-0.1, -0.05) is 247 Å². The summed E-state index contributed by atoms with van der Waals surface area (Å²) in [7, 11) is 0. The van der Waals surface area contributed by atoms with Gasteiger partial charge in [0.05, 0.1) is 0 Å². The van der Waals surface area contributed by atoms with Crippen molar-refractivity contribution >= 4 is 0 Å². The van der Waals surface area contributed by atoms with Crippen LogP contribution in [0.2, 0.25) is 0 Å². The second-order valence-electron chi connectivity index (χ2n) is 16.9. The van der Waals surface area contributed by atoms with E-state index >= 15 is 0 Å². The van der Waals surface area contributed by atoms with Crippen molar-refractivity contribution < 1.29 is 0 Å². The minimum atomic E-state index is 0.891. The van der Waals surface area contributed by atoms with E-state index < -0.39 is 0 Å². The maximum absolute atomic E-state index is 2.86. The van der Waals surface area contributed by atoms with Gasteiger partial charge in [0.2, 0.25) is 0 Å². The van der Waals surface area contributed by atoms with Crippen LogP contribution in [-0.2, 0) is 0 Å². The van der Waals surface area contributed by atoms with Crippen LogP contribution >= 0.6 is 0 Å². The third-order valence-corrected chi connectivity index (χ3v) is 10.8. The van der Waals surface area contributed by atoms with Gasteiger partial charge >= 0.3 is 0 Å². The molecule has 0 saturated carbocycles. The topological polar surface area (TPSA) is 3.24 Å². The van der Waals surface area contributed by atoms with E-state index in [4.69, 9.17) is 0 Å². The lowest BCUT2D eigenvalue weighted by molar-refractivity contribution is 0.254. The maximum atomic E-state index is 2.86. The second kappa shape index (κ2) is 40.4. The fourth-order valence-electron chi connectivity index (χ4n) is 7.47. The molecule has 1 heteroatoms. The molecule has 0 saturated heterocycles. The molecule has 0 aliphatic carbocycles. The quantitative estimate of drug-likeness (QED) is 0.0589. The lowest BCUT2D eigenvalue weighted by Gasteiger charge is -2.22. The van der Waals surface area contributed by atoms with Crippen molar-refractivity contribution in [3.8, 4) is 0 Å². The van der Waals surface area contributed by atoms with Gasteiger partial charge in [-0.2, -0.15) is 0 Å². The second-order valence-corrected chi connectivity index (χ2v) is 16.9. The molecule has 0 fully saturated rings. The predicted octanol–water partition coefficient (Wildman–Crippen LogP) is 16.7. The van der Waals surface area contributed by atoms with Gasteiger partial charge in [-0.3, -0.25) is 0 Å². The normalized spacial score (nSPS) is 12.0. The van der Waals surface area contributed by atoms with Crippen LogP contribution in [0.1, 0.15) is 266 Å². The van der Waals surface area contributed by atoms with Gasteiger partial charge in [-0.25, -0.2) is 0 Å². The first-order valence-electron chi connectivity index (χ1n) is 22.8. The average Bonchev–Trinajstić information content (AvgIpc) is 3.05. The van der Waals surface area contributed by atoms with E-state index in [0.29, 0.717) is 0 Å². The monoisotopic (exact) mass is 662 g/mol. The number of nitrogens with zero attached hydrogens (tertiary/aromatic N) is 1. The predicted molar refractivity (Wildman–Crippen MR) is 218 cm³/mol. The number of hydrogen-bond acceptors (Lipinski definition) is 1. The molecule has 0 bridgehead atoms. The van der Waals surface area contributed by atoms with Crippen molar-refractivity contribution in [3.63, 3.8) is 0 Å². The average molecular weight is 662 g/mol. The highest BCUT2D eigenvalue weighted by molar-refractivity contribution is 4.61. The molecule has 47 heavy (non-hydrogen) atoms. The number of rotatable bonds is 41. The first kappa shape index (κ1) is 47.0. The van der Waals surface area contributed by atoms with Crippen LogP contribution in [0.4, 0.5) is 0 Å². The van der Waals surface area contributed by atoms with Crippen LogP contribution in [0.3, 0.4) is 0 Å². The Balaban J connectivity index is 3.82. The molecule has 0 aliphatic heterocycles. The zero-order chi connectivity index (χ0) is 34.3. The minimum Gasteiger partial charge on any atom is -0.303 e. The zero-order valence-electron chi connectivity index (χ0n) is 34.2. The van der Waals surface area contributed by atoms with E-state index in [0.717, 1.165) is 11.8 Å². The van der Waals surface area contributed by atoms with Gasteiger partial charge < -0.3 is 4.90 Å². The molecule has 0 unspecified atom stereocenters. The van der Waals surface area contributed by atoms with Gasteiger partial charge in [0.1, 0.15) is 0 Å². The van der Waals surface area contributed by atoms with Crippen LogP contribution < -0.4 is 0 Å². The molecule has 0 radical (unpaired) electrons. The molecular weight excluding hydrogens is 567 g/mol.